The van der Waals surface area contributed by atoms with E-state index in [0.717, 1.165) is 12.1 Å². The molecule has 1 aliphatic rings. The fourth-order valence-electron chi connectivity index (χ4n) is 2.52. The van der Waals surface area contributed by atoms with Crippen molar-refractivity contribution >= 4 is 11.7 Å². The zero-order valence-electron chi connectivity index (χ0n) is 11.8. The predicted octanol–water partition coefficient (Wildman–Crippen LogP) is 2.63. The number of ether oxygens (including phenoxy) is 2. The normalized spacial score (nSPS) is 25.3. The van der Waals surface area contributed by atoms with Crippen LogP contribution in [0.4, 0.5) is 5.69 Å². The van der Waals surface area contributed by atoms with Crippen LogP contribution in [0.1, 0.15) is 37.0 Å². The number of aromatic carboxylic acids is 1. The van der Waals surface area contributed by atoms with Gasteiger partial charge in [0.1, 0.15) is 17.4 Å². The van der Waals surface area contributed by atoms with Crippen LogP contribution < -0.4 is 4.74 Å². The monoisotopic (exact) mass is 295 g/mol. The summed E-state index contributed by atoms with van der Waals surface area (Å²) in [5, 5.41) is 20.0. The molecule has 0 saturated carbocycles. The Balaban J connectivity index is 2.26. The van der Waals surface area contributed by atoms with Gasteiger partial charge in [-0.2, -0.15) is 0 Å². The summed E-state index contributed by atoms with van der Waals surface area (Å²) in [6.07, 6.45) is 1.03. The number of benzene rings is 1. The SMILES string of the molecule is CC1CC(Oc2cc([N+](=O)[O-])ccc2C(=O)O)CC(C)O1. The van der Waals surface area contributed by atoms with E-state index in [1.165, 1.54) is 6.07 Å². The molecule has 2 unspecified atom stereocenters. The molecule has 21 heavy (non-hydrogen) atoms. The summed E-state index contributed by atoms with van der Waals surface area (Å²) in [4.78, 5) is 21.4. The molecule has 2 rings (SSSR count). The molecule has 1 saturated heterocycles. The van der Waals surface area contributed by atoms with E-state index in [0.29, 0.717) is 12.8 Å². The van der Waals surface area contributed by atoms with Crippen molar-refractivity contribution in [3.63, 3.8) is 0 Å². The van der Waals surface area contributed by atoms with Gasteiger partial charge in [0, 0.05) is 18.9 Å². The van der Waals surface area contributed by atoms with Crippen LogP contribution in [0.15, 0.2) is 18.2 Å². The molecule has 0 bridgehead atoms. The van der Waals surface area contributed by atoms with Crippen molar-refractivity contribution in [1.29, 1.82) is 0 Å². The van der Waals surface area contributed by atoms with Gasteiger partial charge in [-0.25, -0.2) is 4.79 Å². The fourth-order valence-corrected chi connectivity index (χ4v) is 2.52. The van der Waals surface area contributed by atoms with E-state index in [4.69, 9.17) is 14.6 Å². The first-order valence-corrected chi connectivity index (χ1v) is 6.70. The van der Waals surface area contributed by atoms with Crippen LogP contribution in [0.25, 0.3) is 0 Å². The maximum Gasteiger partial charge on any atom is 0.339 e. The molecular formula is C14H17NO6. The Bertz CT molecular complexity index is 548. The summed E-state index contributed by atoms with van der Waals surface area (Å²) in [6.45, 7) is 3.83. The Hall–Kier alpha value is -2.15. The van der Waals surface area contributed by atoms with E-state index >= 15 is 0 Å². The average molecular weight is 295 g/mol. The molecule has 1 heterocycles. The van der Waals surface area contributed by atoms with Gasteiger partial charge in [0.2, 0.25) is 0 Å². The number of carboxylic acid groups (broad SMARTS) is 1. The van der Waals surface area contributed by atoms with Gasteiger partial charge < -0.3 is 14.6 Å². The smallest absolute Gasteiger partial charge is 0.339 e. The minimum absolute atomic E-state index is 0.00530. The second kappa shape index (κ2) is 6.09. The third kappa shape index (κ3) is 3.69. The van der Waals surface area contributed by atoms with Crippen molar-refractivity contribution in [3.05, 3.63) is 33.9 Å². The first-order valence-electron chi connectivity index (χ1n) is 6.70. The van der Waals surface area contributed by atoms with Crippen LogP contribution in [0, 0.1) is 10.1 Å². The van der Waals surface area contributed by atoms with Crippen LogP contribution in [0.5, 0.6) is 5.75 Å². The van der Waals surface area contributed by atoms with Crippen LogP contribution in [-0.4, -0.2) is 34.3 Å². The molecule has 0 amide bonds. The van der Waals surface area contributed by atoms with Gasteiger partial charge in [-0.05, 0) is 19.9 Å². The Morgan fingerprint density at radius 2 is 2.00 bits per heavy atom. The van der Waals surface area contributed by atoms with Gasteiger partial charge in [0.25, 0.3) is 5.69 Å². The van der Waals surface area contributed by atoms with Gasteiger partial charge in [0.05, 0.1) is 23.2 Å². The number of nitro benzene ring substituents is 1. The van der Waals surface area contributed by atoms with Crippen molar-refractivity contribution in [2.45, 2.75) is 45.0 Å². The van der Waals surface area contributed by atoms with E-state index in [2.05, 4.69) is 0 Å². The lowest BCUT2D eigenvalue weighted by Crippen LogP contribution is -2.36. The van der Waals surface area contributed by atoms with Crippen LogP contribution >= 0.6 is 0 Å². The molecule has 1 aromatic carbocycles. The molecule has 2 atom stereocenters. The number of carbonyl (C=O) groups is 1. The lowest BCUT2D eigenvalue weighted by atomic mass is 10.0. The Kier molecular flexibility index (Phi) is 4.42. The van der Waals surface area contributed by atoms with E-state index in [1.54, 1.807) is 0 Å². The number of nitrogens with zero attached hydrogens (tertiary/aromatic N) is 1. The highest BCUT2D eigenvalue weighted by Gasteiger charge is 2.27. The molecule has 1 aliphatic heterocycles. The predicted molar refractivity (Wildman–Crippen MR) is 73.7 cm³/mol. The number of rotatable bonds is 4. The maximum atomic E-state index is 11.2. The number of nitro groups is 1. The molecule has 1 N–H and O–H groups in total. The van der Waals surface area contributed by atoms with Crippen molar-refractivity contribution in [2.24, 2.45) is 0 Å². The van der Waals surface area contributed by atoms with Crippen molar-refractivity contribution < 1.29 is 24.3 Å². The zero-order valence-corrected chi connectivity index (χ0v) is 11.8. The summed E-state index contributed by atoms with van der Waals surface area (Å²) in [5.74, 6) is -1.14. The number of hydrogen-bond acceptors (Lipinski definition) is 5. The van der Waals surface area contributed by atoms with Gasteiger partial charge in [0.15, 0.2) is 0 Å². The number of carboxylic acids is 1. The van der Waals surface area contributed by atoms with Crippen molar-refractivity contribution in [2.75, 3.05) is 0 Å². The van der Waals surface area contributed by atoms with Crippen molar-refractivity contribution in [1.82, 2.24) is 0 Å². The van der Waals surface area contributed by atoms with Gasteiger partial charge in [-0.1, -0.05) is 0 Å². The fraction of sp³-hybridized carbons (Fsp3) is 0.500. The van der Waals surface area contributed by atoms with E-state index in [1.807, 2.05) is 13.8 Å². The molecule has 7 nitrogen and oxygen atoms in total. The lowest BCUT2D eigenvalue weighted by molar-refractivity contribution is -0.385. The van der Waals surface area contributed by atoms with Gasteiger partial charge in [-0.15, -0.1) is 0 Å². The quantitative estimate of drug-likeness (QED) is 0.677. The molecule has 114 valence electrons. The summed E-state index contributed by atoms with van der Waals surface area (Å²) >= 11 is 0. The molecule has 0 aliphatic carbocycles. The standard InChI is InChI=1S/C14H17NO6/c1-8-5-11(6-9(2)20-8)21-13-7-10(15(18)19)3-4-12(13)14(16)17/h3-4,7-9,11H,5-6H2,1-2H3,(H,16,17). The molecule has 0 radical (unpaired) electrons. The minimum Gasteiger partial charge on any atom is -0.489 e. The molecule has 1 aromatic rings. The van der Waals surface area contributed by atoms with E-state index < -0.39 is 10.9 Å². The highest BCUT2D eigenvalue weighted by Crippen LogP contribution is 2.29. The molecule has 0 aromatic heterocycles. The highest BCUT2D eigenvalue weighted by molar-refractivity contribution is 5.91. The Morgan fingerprint density at radius 1 is 1.38 bits per heavy atom. The molecule has 7 heteroatoms. The third-order valence-electron chi connectivity index (χ3n) is 3.35. The Labute approximate surface area is 121 Å². The second-order valence-corrected chi connectivity index (χ2v) is 5.21. The lowest BCUT2D eigenvalue weighted by Gasteiger charge is -2.32. The summed E-state index contributed by atoms with van der Waals surface area (Å²) in [5.41, 5.74) is -0.268. The molecule has 1 fully saturated rings. The minimum atomic E-state index is -1.17. The van der Waals surface area contributed by atoms with E-state index in [9.17, 15) is 14.9 Å². The summed E-state index contributed by atoms with van der Waals surface area (Å²) < 4.78 is 11.3. The number of non-ortho nitro benzene ring substituents is 1. The van der Waals surface area contributed by atoms with Crippen LogP contribution in [-0.2, 0) is 4.74 Å². The highest BCUT2D eigenvalue weighted by atomic mass is 16.6. The first kappa shape index (κ1) is 15.2. The topological polar surface area (TPSA) is 98.9 Å². The first-order chi connectivity index (χ1) is 9.86. The average Bonchev–Trinajstić information content (AvgIpc) is 2.36. The third-order valence-corrected chi connectivity index (χ3v) is 3.35. The van der Waals surface area contributed by atoms with Crippen LogP contribution in [0.2, 0.25) is 0 Å². The maximum absolute atomic E-state index is 11.2. The summed E-state index contributed by atoms with van der Waals surface area (Å²) in [6, 6.07) is 3.52. The zero-order chi connectivity index (χ0) is 15.6. The Morgan fingerprint density at radius 3 is 2.52 bits per heavy atom. The second-order valence-electron chi connectivity index (χ2n) is 5.21. The molecular weight excluding hydrogens is 278 g/mol. The largest absolute Gasteiger partial charge is 0.489 e. The molecule has 0 spiro atoms. The van der Waals surface area contributed by atoms with Gasteiger partial charge in [-0.3, -0.25) is 10.1 Å². The van der Waals surface area contributed by atoms with Crippen LogP contribution in [0.3, 0.4) is 0 Å². The van der Waals surface area contributed by atoms with Crippen molar-refractivity contribution in [3.8, 4) is 5.75 Å². The van der Waals surface area contributed by atoms with Gasteiger partial charge >= 0.3 is 5.97 Å². The number of hydrogen-bond donors (Lipinski definition) is 1. The van der Waals surface area contributed by atoms with E-state index in [-0.39, 0.29) is 35.3 Å². The summed E-state index contributed by atoms with van der Waals surface area (Å²) in [7, 11) is 0.